The molecular formula is C13H23N3O3. The predicted octanol–water partition coefficient (Wildman–Crippen LogP) is 1.50. The molecule has 1 aromatic rings. The number of methoxy groups -OCH3 is 1. The number of aromatic nitrogens is 2. The monoisotopic (exact) mass is 269 g/mol. The molecule has 1 aliphatic rings. The quantitative estimate of drug-likeness (QED) is 0.860. The highest BCUT2D eigenvalue weighted by atomic mass is 16.5. The molecule has 0 aliphatic heterocycles. The minimum absolute atomic E-state index is 0.0641. The molecular weight excluding hydrogens is 246 g/mol. The lowest BCUT2D eigenvalue weighted by Gasteiger charge is -2.40. The zero-order valence-corrected chi connectivity index (χ0v) is 11.8. The number of ether oxygens (including phenoxy) is 1. The fraction of sp³-hybridized carbons (Fsp3) is 0.846. The third-order valence-corrected chi connectivity index (χ3v) is 4.16. The average Bonchev–Trinajstić information content (AvgIpc) is 2.89. The van der Waals surface area contributed by atoms with Gasteiger partial charge in [-0.15, -0.1) is 0 Å². The zero-order valence-electron chi connectivity index (χ0n) is 11.8. The molecule has 2 rings (SSSR count). The first kappa shape index (κ1) is 14.4. The van der Waals surface area contributed by atoms with Gasteiger partial charge in [0.05, 0.1) is 0 Å². The van der Waals surface area contributed by atoms with Gasteiger partial charge in [-0.2, -0.15) is 4.98 Å². The van der Waals surface area contributed by atoms with Crippen LogP contribution in [0.1, 0.15) is 57.3 Å². The normalized spacial score (nSPS) is 23.2. The van der Waals surface area contributed by atoms with E-state index >= 15 is 0 Å². The Hall–Kier alpha value is -0.980. The highest BCUT2D eigenvalue weighted by molar-refractivity contribution is 5.06. The van der Waals surface area contributed by atoms with Gasteiger partial charge in [-0.3, -0.25) is 0 Å². The maximum absolute atomic E-state index is 9.62. The zero-order chi connectivity index (χ0) is 14.1. The summed E-state index contributed by atoms with van der Waals surface area (Å²) < 4.78 is 10.8. The minimum atomic E-state index is -0.907. The Kier molecular flexibility index (Phi) is 3.94. The second kappa shape index (κ2) is 5.19. The highest BCUT2D eigenvalue weighted by Crippen LogP contribution is 2.46. The molecule has 1 aliphatic carbocycles. The maximum Gasteiger partial charge on any atom is 0.256 e. The molecule has 0 aromatic carbocycles. The first-order valence-electron chi connectivity index (χ1n) is 6.70. The van der Waals surface area contributed by atoms with Crippen molar-refractivity contribution in [2.75, 3.05) is 13.7 Å². The van der Waals surface area contributed by atoms with E-state index in [0.29, 0.717) is 11.2 Å². The Bertz CT molecular complexity index is 421. The number of nitrogens with zero attached hydrogens (tertiary/aromatic N) is 2. The largest absolute Gasteiger partial charge is 0.382 e. The minimum Gasteiger partial charge on any atom is -0.382 e. The highest BCUT2D eigenvalue weighted by Gasteiger charge is 2.43. The number of aliphatic hydroxyl groups excluding tert-OH is 1. The van der Waals surface area contributed by atoms with E-state index < -0.39 is 11.7 Å². The lowest BCUT2D eigenvalue weighted by Crippen LogP contribution is -2.37. The van der Waals surface area contributed by atoms with Crippen LogP contribution in [0, 0.1) is 5.41 Å². The summed E-state index contributed by atoms with van der Waals surface area (Å²) in [4.78, 5) is 4.26. The summed E-state index contributed by atoms with van der Waals surface area (Å²) in [5.74, 6) is 0.687. The van der Waals surface area contributed by atoms with Crippen molar-refractivity contribution in [2.45, 2.75) is 51.2 Å². The maximum atomic E-state index is 9.62. The molecule has 1 fully saturated rings. The molecule has 0 amide bonds. The molecule has 1 unspecified atom stereocenters. The molecule has 3 N–H and O–H groups in total. The Morgan fingerprint density at radius 3 is 2.53 bits per heavy atom. The molecule has 1 atom stereocenters. The molecule has 1 heterocycles. The van der Waals surface area contributed by atoms with Crippen LogP contribution >= 0.6 is 0 Å². The molecule has 19 heavy (non-hydrogen) atoms. The van der Waals surface area contributed by atoms with Crippen molar-refractivity contribution in [3.63, 3.8) is 0 Å². The van der Waals surface area contributed by atoms with E-state index in [9.17, 15) is 5.11 Å². The Morgan fingerprint density at radius 2 is 2.00 bits per heavy atom. The van der Waals surface area contributed by atoms with Gasteiger partial charge < -0.3 is 20.1 Å². The van der Waals surface area contributed by atoms with Crippen LogP contribution in [-0.2, 0) is 10.3 Å². The van der Waals surface area contributed by atoms with Crippen LogP contribution in [0.5, 0.6) is 0 Å². The second-order valence-electron chi connectivity index (χ2n) is 6.07. The summed E-state index contributed by atoms with van der Waals surface area (Å²) in [5.41, 5.74) is 5.21. The van der Waals surface area contributed by atoms with Crippen molar-refractivity contribution in [1.82, 2.24) is 10.1 Å². The topological polar surface area (TPSA) is 94.4 Å². The van der Waals surface area contributed by atoms with Crippen molar-refractivity contribution in [3.8, 4) is 0 Å². The molecule has 108 valence electrons. The molecule has 6 nitrogen and oxygen atoms in total. The van der Waals surface area contributed by atoms with Crippen LogP contribution < -0.4 is 5.73 Å². The molecule has 1 aromatic heterocycles. The number of hydrogen-bond acceptors (Lipinski definition) is 6. The molecule has 6 heteroatoms. The third-order valence-electron chi connectivity index (χ3n) is 4.16. The fourth-order valence-corrected chi connectivity index (χ4v) is 2.51. The second-order valence-corrected chi connectivity index (χ2v) is 6.07. The average molecular weight is 269 g/mol. The lowest BCUT2D eigenvalue weighted by molar-refractivity contribution is -0.0740. The first-order chi connectivity index (χ1) is 8.92. The van der Waals surface area contributed by atoms with Gasteiger partial charge in [0.1, 0.15) is 11.7 Å². The first-order valence-corrected chi connectivity index (χ1v) is 6.70. The van der Waals surface area contributed by atoms with E-state index in [0.717, 1.165) is 25.7 Å². The molecule has 1 saturated carbocycles. The summed E-state index contributed by atoms with van der Waals surface area (Å²) in [7, 11) is 1.67. The van der Waals surface area contributed by atoms with Crippen LogP contribution in [0.4, 0.5) is 0 Å². The fourth-order valence-electron chi connectivity index (χ4n) is 2.51. The van der Waals surface area contributed by atoms with E-state index in [1.165, 1.54) is 0 Å². The van der Waals surface area contributed by atoms with Crippen LogP contribution in [0.2, 0.25) is 0 Å². The standard InChI is InChI=1S/C13H23N3O3/c1-12(2)4-6-13(18-3,7-5-12)11-15-10(19-16-11)9(17)8-14/h9,17H,4-8,14H2,1-3H3. The van der Waals surface area contributed by atoms with Crippen molar-refractivity contribution >= 4 is 0 Å². The van der Waals surface area contributed by atoms with Gasteiger partial charge in [-0.05, 0) is 31.1 Å². The van der Waals surface area contributed by atoms with Gasteiger partial charge in [0.2, 0.25) is 5.82 Å². The SMILES string of the molecule is COC1(c2noc(C(O)CN)n2)CCC(C)(C)CC1. The Labute approximate surface area is 113 Å². The van der Waals surface area contributed by atoms with Gasteiger partial charge >= 0.3 is 0 Å². The van der Waals surface area contributed by atoms with E-state index in [1.54, 1.807) is 7.11 Å². The van der Waals surface area contributed by atoms with E-state index in [2.05, 4.69) is 24.0 Å². The van der Waals surface area contributed by atoms with Crippen molar-refractivity contribution in [2.24, 2.45) is 11.1 Å². The van der Waals surface area contributed by atoms with Gasteiger partial charge in [0, 0.05) is 13.7 Å². The van der Waals surface area contributed by atoms with Gasteiger partial charge in [0.15, 0.2) is 0 Å². The lowest BCUT2D eigenvalue weighted by atomic mass is 9.70. The van der Waals surface area contributed by atoms with Crippen LogP contribution in [0.25, 0.3) is 0 Å². The summed E-state index contributed by atoms with van der Waals surface area (Å²) in [6, 6.07) is 0. The number of rotatable bonds is 4. The Balaban J connectivity index is 2.20. The predicted molar refractivity (Wildman–Crippen MR) is 69.2 cm³/mol. The van der Waals surface area contributed by atoms with E-state index in [1.807, 2.05) is 0 Å². The summed E-state index contributed by atoms with van der Waals surface area (Å²) in [6.07, 6.45) is 2.90. The smallest absolute Gasteiger partial charge is 0.256 e. The molecule has 0 spiro atoms. The molecule has 0 saturated heterocycles. The molecule has 0 radical (unpaired) electrons. The number of hydrogen-bond donors (Lipinski definition) is 2. The van der Waals surface area contributed by atoms with Gasteiger partial charge in [-0.25, -0.2) is 0 Å². The van der Waals surface area contributed by atoms with E-state index in [-0.39, 0.29) is 12.4 Å². The van der Waals surface area contributed by atoms with Crippen LogP contribution in [0.3, 0.4) is 0 Å². The summed E-state index contributed by atoms with van der Waals surface area (Å²) in [5, 5.41) is 13.6. The number of aliphatic hydroxyl groups is 1. The van der Waals surface area contributed by atoms with E-state index in [4.69, 9.17) is 15.0 Å². The van der Waals surface area contributed by atoms with Crippen LogP contribution in [-0.4, -0.2) is 28.9 Å². The van der Waals surface area contributed by atoms with Crippen molar-refractivity contribution in [3.05, 3.63) is 11.7 Å². The van der Waals surface area contributed by atoms with Crippen LogP contribution in [0.15, 0.2) is 4.52 Å². The third kappa shape index (κ3) is 2.80. The summed E-state index contributed by atoms with van der Waals surface area (Å²) in [6.45, 7) is 4.58. The van der Waals surface area contributed by atoms with Gasteiger partial charge in [0.25, 0.3) is 5.89 Å². The summed E-state index contributed by atoms with van der Waals surface area (Å²) >= 11 is 0. The number of nitrogens with two attached hydrogens (primary N) is 1. The van der Waals surface area contributed by atoms with Crippen molar-refractivity contribution in [1.29, 1.82) is 0 Å². The Morgan fingerprint density at radius 1 is 1.37 bits per heavy atom. The van der Waals surface area contributed by atoms with Crippen molar-refractivity contribution < 1.29 is 14.4 Å². The molecule has 0 bridgehead atoms. The van der Waals surface area contributed by atoms with Gasteiger partial charge in [-0.1, -0.05) is 19.0 Å².